The Balaban J connectivity index is 2.09. The predicted molar refractivity (Wildman–Crippen MR) is 65.5 cm³/mol. The summed E-state index contributed by atoms with van der Waals surface area (Å²) in [6, 6.07) is 9.67. The van der Waals surface area contributed by atoms with Gasteiger partial charge in [-0.05, 0) is 30.7 Å². The number of hydrogen-bond donors (Lipinski definition) is 1. The van der Waals surface area contributed by atoms with Crippen LogP contribution in [-0.2, 0) is 0 Å². The molecule has 0 aliphatic heterocycles. The summed E-state index contributed by atoms with van der Waals surface area (Å²) in [7, 11) is 0. The van der Waals surface area contributed by atoms with Crippen molar-refractivity contribution in [1.29, 1.82) is 0 Å². The van der Waals surface area contributed by atoms with Crippen LogP contribution in [0.1, 0.15) is 18.5 Å². The maximum atomic E-state index is 5.83. The zero-order valence-electron chi connectivity index (χ0n) is 8.89. The second kappa shape index (κ2) is 4.94. The molecule has 0 radical (unpaired) electrons. The molecule has 0 spiro atoms. The van der Waals surface area contributed by atoms with Crippen LogP contribution in [0.15, 0.2) is 42.7 Å². The van der Waals surface area contributed by atoms with E-state index >= 15 is 0 Å². The van der Waals surface area contributed by atoms with Crippen molar-refractivity contribution in [3.63, 3.8) is 0 Å². The number of aromatic nitrogens is 2. The molecule has 0 bridgehead atoms. The molecule has 0 fully saturated rings. The van der Waals surface area contributed by atoms with Crippen molar-refractivity contribution in [3.05, 3.63) is 53.3 Å². The number of halogens is 1. The molecule has 3 nitrogen and oxygen atoms in total. The van der Waals surface area contributed by atoms with E-state index in [0.717, 1.165) is 10.6 Å². The van der Waals surface area contributed by atoms with E-state index in [1.165, 1.54) is 0 Å². The average molecular weight is 234 g/mol. The molecule has 1 atom stereocenters. The maximum absolute atomic E-state index is 5.83. The predicted octanol–water partition coefficient (Wildman–Crippen LogP) is 3.30. The number of anilines is 1. The topological polar surface area (TPSA) is 37.8 Å². The molecule has 1 N–H and O–H groups in total. The van der Waals surface area contributed by atoms with Crippen molar-refractivity contribution >= 4 is 17.5 Å². The zero-order valence-corrected chi connectivity index (χ0v) is 9.65. The molecule has 1 aromatic heterocycles. The first kappa shape index (κ1) is 10.9. The third-order valence-corrected chi connectivity index (χ3v) is 2.53. The van der Waals surface area contributed by atoms with Crippen molar-refractivity contribution in [2.75, 3.05) is 5.32 Å². The minimum absolute atomic E-state index is 0.152. The highest BCUT2D eigenvalue weighted by atomic mass is 35.5. The number of benzene rings is 1. The Morgan fingerprint density at radius 2 is 1.75 bits per heavy atom. The molecule has 82 valence electrons. The summed E-state index contributed by atoms with van der Waals surface area (Å²) in [5, 5.41) is 3.95. The van der Waals surface area contributed by atoms with Crippen LogP contribution < -0.4 is 5.32 Å². The van der Waals surface area contributed by atoms with Gasteiger partial charge in [0, 0.05) is 17.4 Å². The number of rotatable bonds is 3. The van der Waals surface area contributed by atoms with Crippen molar-refractivity contribution in [2.45, 2.75) is 13.0 Å². The van der Waals surface area contributed by atoms with Crippen LogP contribution in [0.25, 0.3) is 0 Å². The van der Waals surface area contributed by atoms with Crippen molar-refractivity contribution < 1.29 is 0 Å². The van der Waals surface area contributed by atoms with E-state index in [9.17, 15) is 0 Å². The Bertz CT molecular complexity index is 442. The molecule has 4 heteroatoms. The van der Waals surface area contributed by atoms with E-state index < -0.39 is 0 Å². The van der Waals surface area contributed by atoms with Crippen LogP contribution in [0.4, 0.5) is 5.95 Å². The third kappa shape index (κ3) is 2.70. The third-order valence-electron chi connectivity index (χ3n) is 2.28. The van der Waals surface area contributed by atoms with Gasteiger partial charge in [-0.2, -0.15) is 0 Å². The summed E-state index contributed by atoms with van der Waals surface area (Å²) >= 11 is 5.83. The molecule has 2 aromatic rings. The first-order valence-electron chi connectivity index (χ1n) is 5.05. The molecule has 2 rings (SSSR count). The van der Waals surface area contributed by atoms with Crippen LogP contribution in [0, 0.1) is 0 Å². The summed E-state index contributed by atoms with van der Waals surface area (Å²) in [6.45, 7) is 2.06. The second-order valence-electron chi connectivity index (χ2n) is 3.49. The van der Waals surface area contributed by atoms with Crippen LogP contribution in [0.2, 0.25) is 5.02 Å². The maximum Gasteiger partial charge on any atom is 0.223 e. The van der Waals surface area contributed by atoms with E-state index in [1.54, 1.807) is 18.5 Å². The highest BCUT2D eigenvalue weighted by molar-refractivity contribution is 6.30. The van der Waals surface area contributed by atoms with Gasteiger partial charge >= 0.3 is 0 Å². The largest absolute Gasteiger partial charge is 0.348 e. The first-order valence-corrected chi connectivity index (χ1v) is 5.42. The summed E-state index contributed by atoms with van der Waals surface area (Å²) in [4.78, 5) is 8.23. The molecular weight excluding hydrogens is 222 g/mol. The smallest absolute Gasteiger partial charge is 0.223 e. The van der Waals surface area contributed by atoms with Crippen molar-refractivity contribution in [1.82, 2.24) is 9.97 Å². The molecule has 16 heavy (non-hydrogen) atoms. The number of nitrogens with zero attached hydrogens (tertiary/aromatic N) is 2. The van der Waals surface area contributed by atoms with Crippen molar-refractivity contribution in [2.24, 2.45) is 0 Å². The summed E-state index contributed by atoms with van der Waals surface area (Å²) < 4.78 is 0. The normalized spacial score (nSPS) is 12.1. The fraction of sp³-hybridized carbons (Fsp3) is 0.167. The SMILES string of the molecule is CC(Nc1ncccn1)c1ccc(Cl)cc1. The van der Waals surface area contributed by atoms with Gasteiger partial charge in [0.1, 0.15) is 0 Å². The number of hydrogen-bond acceptors (Lipinski definition) is 3. The second-order valence-corrected chi connectivity index (χ2v) is 3.93. The lowest BCUT2D eigenvalue weighted by Gasteiger charge is -2.13. The molecule has 0 saturated carbocycles. The lowest BCUT2D eigenvalue weighted by molar-refractivity contribution is 0.860. The highest BCUT2D eigenvalue weighted by Gasteiger charge is 2.05. The van der Waals surface area contributed by atoms with Gasteiger partial charge < -0.3 is 5.32 Å². The van der Waals surface area contributed by atoms with Gasteiger partial charge in [0.05, 0.1) is 6.04 Å². The van der Waals surface area contributed by atoms with Gasteiger partial charge in [-0.1, -0.05) is 23.7 Å². The van der Waals surface area contributed by atoms with Crippen LogP contribution in [0.5, 0.6) is 0 Å². The molecule has 1 heterocycles. The Morgan fingerprint density at radius 3 is 2.38 bits per heavy atom. The molecule has 1 aromatic carbocycles. The summed E-state index contributed by atoms with van der Waals surface area (Å²) in [6.07, 6.45) is 3.42. The highest BCUT2D eigenvalue weighted by Crippen LogP contribution is 2.18. The lowest BCUT2D eigenvalue weighted by Crippen LogP contribution is -2.08. The number of nitrogens with one attached hydrogen (secondary N) is 1. The molecule has 0 saturated heterocycles. The van der Waals surface area contributed by atoms with Crippen LogP contribution in [0.3, 0.4) is 0 Å². The fourth-order valence-corrected chi connectivity index (χ4v) is 1.53. The quantitative estimate of drug-likeness (QED) is 0.884. The minimum Gasteiger partial charge on any atom is -0.348 e. The molecular formula is C12H12ClN3. The first-order chi connectivity index (χ1) is 7.75. The minimum atomic E-state index is 0.152. The standard InChI is InChI=1S/C12H12ClN3/c1-9(10-3-5-11(13)6-4-10)16-12-14-7-2-8-15-12/h2-9H,1H3,(H,14,15,16). The zero-order chi connectivity index (χ0) is 11.4. The van der Waals surface area contributed by atoms with E-state index in [1.807, 2.05) is 24.3 Å². The molecule has 0 aliphatic rings. The van der Waals surface area contributed by atoms with Gasteiger partial charge in [-0.3, -0.25) is 0 Å². The van der Waals surface area contributed by atoms with Gasteiger partial charge in [0.15, 0.2) is 0 Å². The Hall–Kier alpha value is -1.61. The Morgan fingerprint density at radius 1 is 1.12 bits per heavy atom. The van der Waals surface area contributed by atoms with Crippen molar-refractivity contribution in [3.8, 4) is 0 Å². The fourth-order valence-electron chi connectivity index (χ4n) is 1.40. The van der Waals surface area contributed by atoms with E-state index in [-0.39, 0.29) is 6.04 Å². The van der Waals surface area contributed by atoms with Gasteiger partial charge in [-0.15, -0.1) is 0 Å². The monoisotopic (exact) mass is 233 g/mol. The Labute approximate surface area is 99.5 Å². The average Bonchev–Trinajstić information content (AvgIpc) is 2.31. The van der Waals surface area contributed by atoms with Crippen LogP contribution >= 0.6 is 11.6 Å². The lowest BCUT2D eigenvalue weighted by atomic mass is 10.1. The van der Waals surface area contributed by atoms with Gasteiger partial charge in [0.2, 0.25) is 5.95 Å². The summed E-state index contributed by atoms with van der Waals surface area (Å²) in [5.41, 5.74) is 1.15. The van der Waals surface area contributed by atoms with E-state index in [2.05, 4.69) is 22.2 Å². The van der Waals surface area contributed by atoms with Crippen LogP contribution in [-0.4, -0.2) is 9.97 Å². The van der Waals surface area contributed by atoms with Gasteiger partial charge in [0.25, 0.3) is 0 Å². The Kier molecular flexibility index (Phi) is 3.37. The molecule has 0 amide bonds. The van der Waals surface area contributed by atoms with E-state index in [4.69, 9.17) is 11.6 Å². The van der Waals surface area contributed by atoms with Gasteiger partial charge in [-0.25, -0.2) is 9.97 Å². The molecule has 1 unspecified atom stereocenters. The van der Waals surface area contributed by atoms with E-state index in [0.29, 0.717) is 5.95 Å². The molecule has 0 aliphatic carbocycles. The summed E-state index contributed by atoms with van der Waals surface area (Å²) in [5.74, 6) is 0.630.